The van der Waals surface area contributed by atoms with E-state index in [0.29, 0.717) is 26.1 Å². The van der Waals surface area contributed by atoms with E-state index in [1.54, 1.807) is 19.1 Å². The van der Waals surface area contributed by atoms with Crippen LogP contribution in [0.1, 0.15) is 38.7 Å². The van der Waals surface area contributed by atoms with Crippen LogP contribution in [0.2, 0.25) is 0 Å². The van der Waals surface area contributed by atoms with E-state index in [0.717, 1.165) is 37.5 Å². The highest BCUT2D eigenvalue weighted by Gasteiger charge is 2.23. The summed E-state index contributed by atoms with van der Waals surface area (Å²) in [6.07, 6.45) is 2.32. The highest BCUT2D eigenvalue weighted by atomic mass is 19.3. The lowest BCUT2D eigenvalue weighted by atomic mass is 9.95. The van der Waals surface area contributed by atoms with Crippen molar-refractivity contribution < 1.29 is 23.0 Å². The first-order chi connectivity index (χ1) is 13.9. The summed E-state index contributed by atoms with van der Waals surface area (Å²) in [5.74, 6) is 0.970. The first-order valence-corrected chi connectivity index (χ1v) is 9.95. The molecule has 9 heteroatoms. The van der Waals surface area contributed by atoms with Gasteiger partial charge in [0.15, 0.2) is 17.5 Å². The van der Waals surface area contributed by atoms with E-state index in [1.165, 1.54) is 6.07 Å². The lowest BCUT2D eigenvalue weighted by molar-refractivity contribution is -0.119. The van der Waals surface area contributed by atoms with Crippen LogP contribution in [0.25, 0.3) is 0 Å². The number of guanidine groups is 1. The summed E-state index contributed by atoms with van der Waals surface area (Å²) in [6, 6.07) is 4.83. The van der Waals surface area contributed by atoms with Gasteiger partial charge >= 0.3 is 6.61 Å². The summed E-state index contributed by atoms with van der Waals surface area (Å²) in [5, 5.41) is 3.28. The molecule has 1 aliphatic rings. The zero-order chi connectivity index (χ0) is 21.2. The van der Waals surface area contributed by atoms with Crippen molar-refractivity contribution >= 4 is 11.9 Å². The fourth-order valence-corrected chi connectivity index (χ4v) is 3.41. The molecule has 29 heavy (non-hydrogen) atoms. The molecule has 1 aromatic carbocycles. The van der Waals surface area contributed by atoms with Crippen LogP contribution in [0.15, 0.2) is 23.2 Å². The van der Waals surface area contributed by atoms with Gasteiger partial charge in [0.1, 0.15) is 0 Å². The van der Waals surface area contributed by atoms with Gasteiger partial charge in [0.2, 0.25) is 5.91 Å². The molecule has 2 rings (SSSR count). The van der Waals surface area contributed by atoms with Crippen molar-refractivity contribution in [3.63, 3.8) is 0 Å². The number of carbonyl (C=O) groups excluding carboxylic acids is 1. The molecule has 1 fully saturated rings. The molecule has 1 saturated heterocycles. The molecule has 0 aromatic heterocycles. The second-order valence-electron chi connectivity index (χ2n) is 6.89. The van der Waals surface area contributed by atoms with E-state index in [1.807, 2.05) is 6.92 Å². The SMILES string of the molecule is CCNC(=NCc1ccc(OC(F)F)c(OCC)c1)N1CCCC(CC(N)=O)C1. The predicted molar refractivity (Wildman–Crippen MR) is 107 cm³/mol. The predicted octanol–water partition coefficient (Wildman–Crippen LogP) is 2.74. The van der Waals surface area contributed by atoms with Crippen molar-refractivity contribution in [3.05, 3.63) is 23.8 Å². The molecule has 1 heterocycles. The smallest absolute Gasteiger partial charge is 0.387 e. The Kier molecular flexibility index (Phi) is 8.95. The minimum Gasteiger partial charge on any atom is -0.490 e. The number of carbonyl (C=O) groups is 1. The quantitative estimate of drug-likeness (QED) is 0.481. The van der Waals surface area contributed by atoms with Gasteiger partial charge in [0, 0.05) is 26.1 Å². The third kappa shape index (κ3) is 7.40. The van der Waals surface area contributed by atoms with E-state index in [-0.39, 0.29) is 23.3 Å². The van der Waals surface area contributed by atoms with Crippen molar-refractivity contribution in [1.82, 2.24) is 10.2 Å². The number of hydrogen-bond donors (Lipinski definition) is 2. The van der Waals surface area contributed by atoms with E-state index < -0.39 is 6.61 Å². The first kappa shape index (κ1) is 22.7. The van der Waals surface area contributed by atoms with Gasteiger partial charge in [-0.1, -0.05) is 6.07 Å². The molecular formula is C20H30F2N4O3. The topological polar surface area (TPSA) is 89.2 Å². The number of nitrogens with zero attached hydrogens (tertiary/aromatic N) is 2. The summed E-state index contributed by atoms with van der Waals surface area (Å²) in [4.78, 5) is 18.1. The molecule has 0 aliphatic carbocycles. The zero-order valence-corrected chi connectivity index (χ0v) is 17.0. The number of alkyl halides is 2. The Balaban J connectivity index is 2.12. The molecule has 1 unspecified atom stereocenters. The molecule has 1 aromatic rings. The van der Waals surface area contributed by atoms with Gasteiger partial charge in [-0.25, -0.2) is 4.99 Å². The fourth-order valence-electron chi connectivity index (χ4n) is 3.41. The highest BCUT2D eigenvalue weighted by molar-refractivity contribution is 5.80. The molecule has 1 aliphatic heterocycles. The van der Waals surface area contributed by atoms with Crippen molar-refractivity contribution in [2.45, 2.75) is 46.3 Å². The van der Waals surface area contributed by atoms with Gasteiger partial charge in [-0.3, -0.25) is 4.79 Å². The molecule has 1 amide bonds. The van der Waals surface area contributed by atoms with Gasteiger partial charge in [0.25, 0.3) is 0 Å². The minimum atomic E-state index is -2.91. The molecular weight excluding hydrogens is 382 g/mol. The lowest BCUT2D eigenvalue weighted by Crippen LogP contribution is -2.47. The number of benzene rings is 1. The molecule has 0 saturated carbocycles. The lowest BCUT2D eigenvalue weighted by Gasteiger charge is -2.34. The molecule has 0 radical (unpaired) electrons. The van der Waals surface area contributed by atoms with Gasteiger partial charge in [-0.05, 0) is 50.3 Å². The highest BCUT2D eigenvalue weighted by Crippen LogP contribution is 2.30. The van der Waals surface area contributed by atoms with Gasteiger partial charge in [-0.15, -0.1) is 0 Å². The Bertz CT molecular complexity index is 700. The van der Waals surface area contributed by atoms with Crippen molar-refractivity contribution in [3.8, 4) is 11.5 Å². The molecule has 0 bridgehead atoms. The summed E-state index contributed by atoms with van der Waals surface area (Å²) in [6.45, 7) is 3.83. The molecule has 0 spiro atoms. The van der Waals surface area contributed by atoms with Crippen LogP contribution in [0, 0.1) is 5.92 Å². The first-order valence-electron chi connectivity index (χ1n) is 9.95. The molecule has 7 nitrogen and oxygen atoms in total. The second kappa shape index (κ2) is 11.4. The van der Waals surface area contributed by atoms with Crippen LogP contribution in [0.3, 0.4) is 0 Å². The number of rotatable bonds is 9. The largest absolute Gasteiger partial charge is 0.490 e. The van der Waals surface area contributed by atoms with Crippen LogP contribution in [-0.4, -0.2) is 49.6 Å². The van der Waals surface area contributed by atoms with Crippen molar-refractivity contribution in [2.75, 3.05) is 26.2 Å². The third-order valence-corrected chi connectivity index (χ3v) is 4.58. The Morgan fingerprint density at radius 3 is 2.83 bits per heavy atom. The van der Waals surface area contributed by atoms with Crippen molar-refractivity contribution in [2.24, 2.45) is 16.6 Å². The average molecular weight is 412 g/mol. The number of nitrogens with one attached hydrogen (secondary N) is 1. The summed E-state index contributed by atoms with van der Waals surface area (Å²) in [5.41, 5.74) is 6.16. The monoisotopic (exact) mass is 412 g/mol. The number of likely N-dealkylation sites (tertiary alicyclic amines) is 1. The van der Waals surface area contributed by atoms with Gasteiger partial charge in [-0.2, -0.15) is 8.78 Å². The van der Waals surface area contributed by atoms with Crippen LogP contribution < -0.4 is 20.5 Å². The standard InChI is InChI=1S/C20H30F2N4O3/c1-3-24-20(26-9-5-6-15(13-26)11-18(23)27)25-12-14-7-8-16(29-19(21)22)17(10-14)28-4-2/h7-8,10,15,19H,3-6,9,11-13H2,1-2H3,(H2,23,27)(H,24,25). The van der Waals surface area contributed by atoms with Crippen LogP contribution in [0.5, 0.6) is 11.5 Å². The number of hydrogen-bond acceptors (Lipinski definition) is 4. The van der Waals surface area contributed by atoms with Crippen LogP contribution in [-0.2, 0) is 11.3 Å². The Hall–Kier alpha value is -2.58. The third-order valence-electron chi connectivity index (χ3n) is 4.58. The summed E-state index contributed by atoms with van der Waals surface area (Å²) in [7, 11) is 0. The average Bonchev–Trinajstić information content (AvgIpc) is 2.66. The van der Waals surface area contributed by atoms with Gasteiger partial charge < -0.3 is 25.4 Å². The number of primary amides is 1. The number of halogens is 2. The van der Waals surface area contributed by atoms with Crippen LogP contribution in [0.4, 0.5) is 8.78 Å². The molecule has 1 atom stereocenters. The maximum atomic E-state index is 12.6. The summed E-state index contributed by atoms with van der Waals surface area (Å²) >= 11 is 0. The normalized spacial score (nSPS) is 17.3. The Labute approximate surface area is 170 Å². The fraction of sp³-hybridized carbons (Fsp3) is 0.600. The van der Waals surface area contributed by atoms with Gasteiger partial charge in [0.05, 0.1) is 13.2 Å². The minimum absolute atomic E-state index is 0.00631. The molecule has 162 valence electrons. The number of aliphatic imine (C=N–C) groups is 1. The van der Waals surface area contributed by atoms with E-state index in [9.17, 15) is 13.6 Å². The second-order valence-corrected chi connectivity index (χ2v) is 6.89. The Morgan fingerprint density at radius 1 is 1.38 bits per heavy atom. The Morgan fingerprint density at radius 2 is 2.17 bits per heavy atom. The van der Waals surface area contributed by atoms with E-state index in [2.05, 4.69) is 19.9 Å². The van der Waals surface area contributed by atoms with Crippen molar-refractivity contribution in [1.29, 1.82) is 0 Å². The number of ether oxygens (including phenoxy) is 2. The maximum Gasteiger partial charge on any atom is 0.387 e. The van der Waals surface area contributed by atoms with E-state index >= 15 is 0 Å². The summed E-state index contributed by atoms with van der Waals surface area (Å²) < 4.78 is 35.0. The number of amides is 1. The zero-order valence-electron chi connectivity index (χ0n) is 17.0. The number of nitrogens with two attached hydrogens (primary N) is 1. The van der Waals surface area contributed by atoms with Crippen LogP contribution >= 0.6 is 0 Å². The molecule has 3 N–H and O–H groups in total. The van der Waals surface area contributed by atoms with E-state index in [4.69, 9.17) is 10.5 Å². The maximum absolute atomic E-state index is 12.6. The number of piperidine rings is 1.